The molecule has 2 aromatic heterocycles. The average Bonchev–Trinajstić information content (AvgIpc) is 3.10. The van der Waals surface area contributed by atoms with E-state index in [9.17, 15) is 4.79 Å². The Morgan fingerprint density at radius 1 is 1.31 bits per heavy atom. The Labute approximate surface area is 152 Å². The van der Waals surface area contributed by atoms with Crippen LogP contribution in [0.1, 0.15) is 55.9 Å². The largest absolute Gasteiger partial charge is 0.381 e. The SMILES string of the molecule is Cc1ccnc(NC(=O)NC(c2nc(C(C)C)no2)C2CCOCC2)c1. The van der Waals surface area contributed by atoms with Gasteiger partial charge in [-0.15, -0.1) is 0 Å². The number of carbonyl (C=O) groups is 1. The molecule has 26 heavy (non-hydrogen) atoms. The minimum atomic E-state index is -0.358. The summed E-state index contributed by atoms with van der Waals surface area (Å²) in [5, 5.41) is 9.78. The fourth-order valence-corrected chi connectivity index (χ4v) is 2.94. The second-order valence-corrected chi connectivity index (χ2v) is 6.89. The molecule has 1 fully saturated rings. The minimum Gasteiger partial charge on any atom is -0.381 e. The Morgan fingerprint density at radius 2 is 2.08 bits per heavy atom. The predicted molar refractivity (Wildman–Crippen MR) is 95.8 cm³/mol. The lowest BCUT2D eigenvalue weighted by Gasteiger charge is -2.28. The van der Waals surface area contributed by atoms with E-state index >= 15 is 0 Å². The van der Waals surface area contributed by atoms with E-state index in [0.29, 0.717) is 30.7 Å². The summed E-state index contributed by atoms with van der Waals surface area (Å²) in [4.78, 5) is 21.1. The molecule has 1 unspecified atom stereocenters. The summed E-state index contributed by atoms with van der Waals surface area (Å²) >= 11 is 0. The molecule has 2 amide bonds. The van der Waals surface area contributed by atoms with E-state index in [-0.39, 0.29) is 23.9 Å². The molecule has 140 valence electrons. The third-order valence-electron chi connectivity index (χ3n) is 4.42. The molecule has 0 aromatic carbocycles. The number of pyridine rings is 1. The lowest BCUT2D eigenvalue weighted by molar-refractivity contribution is 0.0506. The second kappa shape index (κ2) is 8.27. The van der Waals surface area contributed by atoms with Gasteiger partial charge in [-0.25, -0.2) is 9.78 Å². The molecule has 2 aromatic rings. The summed E-state index contributed by atoms with van der Waals surface area (Å²) in [6.45, 7) is 7.27. The molecule has 8 heteroatoms. The van der Waals surface area contributed by atoms with E-state index in [1.54, 1.807) is 6.20 Å². The van der Waals surface area contributed by atoms with Crippen molar-refractivity contribution >= 4 is 11.8 Å². The number of nitrogens with zero attached hydrogens (tertiary/aromatic N) is 3. The highest BCUT2D eigenvalue weighted by atomic mass is 16.5. The molecular weight excluding hydrogens is 334 g/mol. The third-order valence-corrected chi connectivity index (χ3v) is 4.42. The fraction of sp³-hybridized carbons (Fsp3) is 0.556. The predicted octanol–water partition coefficient (Wildman–Crippen LogP) is 3.19. The summed E-state index contributed by atoms with van der Waals surface area (Å²) < 4.78 is 10.9. The normalized spacial score (nSPS) is 16.5. The van der Waals surface area contributed by atoms with Crippen LogP contribution in [-0.4, -0.2) is 34.4 Å². The maximum absolute atomic E-state index is 12.5. The summed E-state index contributed by atoms with van der Waals surface area (Å²) in [5.74, 6) is 1.92. The van der Waals surface area contributed by atoms with Gasteiger partial charge in [0.05, 0.1) is 0 Å². The van der Waals surface area contributed by atoms with Gasteiger partial charge in [0.2, 0.25) is 5.89 Å². The van der Waals surface area contributed by atoms with Crippen LogP contribution in [-0.2, 0) is 4.74 Å². The lowest BCUT2D eigenvalue weighted by atomic mass is 9.91. The number of anilines is 1. The van der Waals surface area contributed by atoms with Gasteiger partial charge in [-0.05, 0) is 43.4 Å². The van der Waals surface area contributed by atoms with Crippen LogP contribution in [0.5, 0.6) is 0 Å². The monoisotopic (exact) mass is 359 g/mol. The fourth-order valence-electron chi connectivity index (χ4n) is 2.94. The molecule has 3 heterocycles. The molecule has 0 spiro atoms. The first-order valence-electron chi connectivity index (χ1n) is 8.94. The van der Waals surface area contributed by atoms with Gasteiger partial charge >= 0.3 is 6.03 Å². The Kier molecular flexibility index (Phi) is 5.82. The van der Waals surface area contributed by atoms with Crippen LogP contribution in [0.25, 0.3) is 0 Å². The molecule has 8 nitrogen and oxygen atoms in total. The smallest absolute Gasteiger partial charge is 0.321 e. The Balaban J connectivity index is 1.75. The standard InChI is InChI=1S/C18H25N5O3/c1-11(2)16-22-17(26-23-16)15(13-5-8-25-9-6-13)21-18(24)20-14-10-12(3)4-7-19-14/h4,7,10-11,13,15H,5-6,8-9H2,1-3H3,(H2,19,20,21,24). The Bertz CT molecular complexity index is 740. The molecular formula is C18H25N5O3. The van der Waals surface area contributed by atoms with Crippen LogP contribution in [0.3, 0.4) is 0 Å². The van der Waals surface area contributed by atoms with Crippen molar-refractivity contribution in [2.75, 3.05) is 18.5 Å². The molecule has 0 saturated carbocycles. The van der Waals surface area contributed by atoms with Crippen molar-refractivity contribution < 1.29 is 14.1 Å². The number of rotatable bonds is 5. The van der Waals surface area contributed by atoms with Gasteiger partial charge in [0.1, 0.15) is 11.9 Å². The quantitative estimate of drug-likeness (QED) is 0.850. The molecule has 3 rings (SSSR count). The number of urea groups is 1. The van der Waals surface area contributed by atoms with Crippen molar-refractivity contribution in [2.24, 2.45) is 5.92 Å². The molecule has 0 bridgehead atoms. The first-order chi connectivity index (χ1) is 12.5. The zero-order chi connectivity index (χ0) is 18.5. The zero-order valence-electron chi connectivity index (χ0n) is 15.4. The van der Waals surface area contributed by atoms with Crippen LogP contribution in [0.2, 0.25) is 0 Å². The van der Waals surface area contributed by atoms with Gasteiger partial charge in [0.25, 0.3) is 0 Å². The molecule has 1 atom stereocenters. The number of hydrogen-bond acceptors (Lipinski definition) is 6. The van der Waals surface area contributed by atoms with Gasteiger partial charge in [0.15, 0.2) is 5.82 Å². The first-order valence-corrected chi connectivity index (χ1v) is 8.94. The van der Waals surface area contributed by atoms with E-state index in [1.165, 1.54) is 0 Å². The van der Waals surface area contributed by atoms with Gasteiger partial charge in [-0.1, -0.05) is 19.0 Å². The highest BCUT2D eigenvalue weighted by Crippen LogP contribution is 2.30. The van der Waals surface area contributed by atoms with Gasteiger partial charge < -0.3 is 14.6 Å². The summed E-state index contributed by atoms with van der Waals surface area (Å²) in [5.41, 5.74) is 1.02. The number of aryl methyl sites for hydroxylation is 1. The van der Waals surface area contributed by atoms with Crippen LogP contribution in [0.4, 0.5) is 10.6 Å². The number of ether oxygens (including phenoxy) is 1. The molecule has 1 saturated heterocycles. The van der Waals surface area contributed by atoms with E-state index < -0.39 is 0 Å². The van der Waals surface area contributed by atoms with E-state index in [1.807, 2.05) is 32.9 Å². The number of amides is 2. The topological polar surface area (TPSA) is 102 Å². The highest BCUT2D eigenvalue weighted by molar-refractivity contribution is 5.88. The van der Waals surface area contributed by atoms with Crippen LogP contribution in [0, 0.1) is 12.8 Å². The average molecular weight is 359 g/mol. The van der Waals surface area contributed by atoms with Crippen molar-refractivity contribution in [3.8, 4) is 0 Å². The molecule has 1 aliphatic rings. The summed E-state index contributed by atoms with van der Waals surface area (Å²) in [6.07, 6.45) is 3.31. The number of nitrogens with one attached hydrogen (secondary N) is 2. The molecule has 0 aliphatic carbocycles. The number of carbonyl (C=O) groups excluding carboxylic acids is 1. The number of hydrogen-bond donors (Lipinski definition) is 2. The van der Waals surface area contributed by atoms with E-state index in [0.717, 1.165) is 18.4 Å². The summed E-state index contributed by atoms with van der Waals surface area (Å²) in [7, 11) is 0. The third kappa shape index (κ3) is 4.57. The van der Waals surface area contributed by atoms with Gasteiger partial charge in [-0.3, -0.25) is 5.32 Å². The first kappa shape index (κ1) is 18.3. The van der Waals surface area contributed by atoms with Crippen LogP contribution < -0.4 is 10.6 Å². The second-order valence-electron chi connectivity index (χ2n) is 6.89. The highest BCUT2D eigenvalue weighted by Gasteiger charge is 2.31. The minimum absolute atomic E-state index is 0.160. The van der Waals surface area contributed by atoms with Crippen molar-refractivity contribution in [1.29, 1.82) is 0 Å². The number of aromatic nitrogens is 3. The maximum atomic E-state index is 12.5. The van der Waals surface area contributed by atoms with E-state index in [4.69, 9.17) is 9.26 Å². The van der Waals surface area contributed by atoms with Gasteiger partial charge in [-0.2, -0.15) is 4.98 Å². The summed E-state index contributed by atoms with van der Waals surface area (Å²) in [6, 6.07) is 2.99. The molecule has 0 radical (unpaired) electrons. The van der Waals surface area contributed by atoms with Crippen molar-refractivity contribution in [3.63, 3.8) is 0 Å². The zero-order valence-corrected chi connectivity index (χ0v) is 15.4. The Hall–Kier alpha value is -2.48. The molecule has 1 aliphatic heterocycles. The van der Waals surface area contributed by atoms with Crippen molar-refractivity contribution in [2.45, 2.75) is 45.6 Å². The van der Waals surface area contributed by atoms with Crippen molar-refractivity contribution in [1.82, 2.24) is 20.4 Å². The maximum Gasteiger partial charge on any atom is 0.321 e. The van der Waals surface area contributed by atoms with Gasteiger partial charge in [0, 0.05) is 25.3 Å². The molecule has 2 N–H and O–H groups in total. The van der Waals surface area contributed by atoms with Crippen molar-refractivity contribution in [3.05, 3.63) is 35.6 Å². The Morgan fingerprint density at radius 3 is 2.73 bits per heavy atom. The van der Waals surface area contributed by atoms with Crippen LogP contribution >= 0.6 is 0 Å². The lowest BCUT2D eigenvalue weighted by Crippen LogP contribution is -2.38. The van der Waals surface area contributed by atoms with Crippen LogP contribution in [0.15, 0.2) is 22.9 Å². The van der Waals surface area contributed by atoms with E-state index in [2.05, 4.69) is 25.8 Å².